The molecule has 0 radical (unpaired) electrons. The average molecular weight is 424 g/mol. The molecule has 4 saturated heterocycles. The third kappa shape index (κ3) is 1.40. The molecule has 6 fully saturated rings. The molecule has 4 heterocycles. The number of carbonyl (C=O) groups excluding carboxylic acids is 3. The van der Waals surface area contributed by atoms with Crippen molar-refractivity contribution >= 4 is 17.9 Å². The maximum atomic E-state index is 13.3. The maximum Gasteiger partial charge on any atom is 0.340 e. The summed E-state index contributed by atoms with van der Waals surface area (Å²) in [5.41, 5.74) is -5.96. The molecule has 3 N–H and O–H groups in total. The number of esters is 3. The Labute approximate surface area is 171 Å². The van der Waals surface area contributed by atoms with Crippen LogP contribution in [0.5, 0.6) is 0 Å². The molecule has 4 aliphatic heterocycles. The molecule has 10 nitrogen and oxygen atoms in total. The summed E-state index contributed by atoms with van der Waals surface area (Å²) in [6.45, 7) is 7.05. The highest BCUT2D eigenvalue weighted by atomic mass is 16.7. The molecule has 0 bridgehead atoms. The average Bonchev–Trinajstić information content (AvgIpc) is 3.34. The summed E-state index contributed by atoms with van der Waals surface area (Å²) in [6, 6.07) is 0. The van der Waals surface area contributed by atoms with Crippen LogP contribution in [-0.2, 0) is 33.3 Å². The van der Waals surface area contributed by atoms with Crippen LogP contribution < -0.4 is 0 Å². The molecule has 6 aliphatic rings. The minimum absolute atomic E-state index is 0.581. The first-order chi connectivity index (χ1) is 13.9. The second kappa shape index (κ2) is 4.85. The Morgan fingerprint density at radius 3 is 2.27 bits per heavy atom. The lowest BCUT2D eigenvalue weighted by molar-refractivity contribution is -0.208. The monoisotopic (exact) mass is 424 g/mol. The number of ether oxygens (including phenoxy) is 4. The van der Waals surface area contributed by atoms with Gasteiger partial charge in [-0.25, -0.2) is 9.59 Å². The van der Waals surface area contributed by atoms with Crippen molar-refractivity contribution in [3.8, 4) is 0 Å². The first-order valence-electron chi connectivity index (χ1n) is 10.2. The summed E-state index contributed by atoms with van der Waals surface area (Å²) in [5, 5.41) is 34.2. The van der Waals surface area contributed by atoms with E-state index in [1.54, 1.807) is 6.92 Å². The van der Waals surface area contributed by atoms with Crippen LogP contribution in [0, 0.1) is 34.0 Å². The molecule has 0 amide bonds. The largest absolute Gasteiger partial charge is 0.459 e. The molecular weight excluding hydrogens is 400 g/mol. The van der Waals surface area contributed by atoms with E-state index < -0.39 is 94.3 Å². The van der Waals surface area contributed by atoms with Gasteiger partial charge < -0.3 is 34.3 Å². The Hall–Kier alpha value is -1.75. The SMILES string of the molecule is C[C@@H]1C(=O)O[C@@H]2[C@H]1[C@@]13O[C@@H]4OC(=O)[C@H](O)[C@@]45[C@H](C(C)(C)C)[C@@H](O)[C@@H](OC1=O)C53[C@@H]2O. The second-order valence-corrected chi connectivity index (χ2v) is 10.6. The van der Waals surface area contributed by atoms with Crippen LogP contribution in [0.15, 0.2) is 0 Å². The lowest BCUT2D eigenvalue weighted by Crippen LogP contribution is -2.63. The molecule has 30 heavy (non-hydrogen) atoms. The van der Waals surface area contributed by atoms with Crippen molar-refractivity contribution in [2.24, 2.45) is 34.0 Å². The standard InChI is InChI=1S/C20H24O10/c1-5-6-8(27-13(5)24)10(22)19-12-7(21)9(17(2,3)4)18(19)11(23)14(25)29-16(18)30-20(6,19)15(26)28-12/h5-12,16,21-23H,1-4H3/t5-,6-,7+,8+,9-,10+,11-,12+,16-,18-,19?,20+/m0/s1. The van der Waals surface area contributed by atoms with Gasteiger partial charge in [0, 0.05) is 5.92 Å². The lowest BCUT2D eigenvalue weighted by atomic mass is 9.51. The fourth-order valence-corrected chi connectivity index (χ4v) is 8.28. The number of carbonyl (C=O) groups is 3. The number of aliphatic hydroxyl groups excluding tert-OH is 3. The summed E-state index contributed by atoms with van der Waals surface area (Å²) < 4.78 is 22.7. The van der Waals surface area contributed by atoms with E-state index in [1.807, 2.05) is 20.8 Å². The van der Waals surface area contributed by atoms with E-state index in [-0.39, 0.29) is 0 Å². The summed E-state index contributed by atoms with van der Waals surface area (Å²) in [5.74, 6) is -4.90. The van der Waals surface area contributed by atoms with E-state index in [1.165, 1.54) is 0 Å². The number of fused-ring (bicyclic) bond motifs is 1. The molecule has 2 spiro atoms. The van der Waals surface area contributed by atoms with Crippen molar-refractivity contribution in [3.05, 3.63) is 0 Å². The Bertz CT molecular complexity index is 910. The molecule has 0 aromatic rings. The number of hydrogen-bond acceptors (Lipinski definition) is 10. The molecule has 2 saturated carbocycles. The molecule has 0 aromatic heterocycles. The van der Waals surface area contributed by atoms with Gasteiger partial charge in [0.05, 0.1) is 28.8 Å². The van der Waals surface area contributed by atoms with E-state index in [4.69, 9.17) is 18.9 Å². The van der Waals surface area contributed by atoms with E-state index >= 15 is 0 Å². The molecule has 6 rings (SSSR count). The van der Waals surface area contributed by atoms with Gasteiger partial charge in [-0.2, -0.15) is 0 Å². The predicted molar refractivity (Wildman–Crippen MR) is 91.9 cm³/mol. The molecular formula is C20H24O10. The van der Waals surface area contributed by atoms with Gasteiger partial charge in [-0.1, -0.05) is 27.7 Å². The number of aliphatic hydroxyl groups is 3. The van der Waals surface area contributed by atoms with Crippen molar-refractivity contribution in [2.75, 3.05) is 0 Å². The second-order valence-electron chi connectivity index (χ2n) is 10.6. The van der Waals surface area contributed by atoms with Crippen molar-refractivity contribution < 1.29 is 48.7 Å². The van der Waals surface area contributed by atoms with Gasteiger partial charge in [-0.15, -0.1) is 0 Å². The summed E-state index contributed by atoms with van der Waals surface area (Å²) in [6.07, 6.45) is -8.29. The van der Waals surface area contributed by atoms with Gasteiger partial charge in [0.25, 0.3) is 0 Å². The summed E-state index contributed by atoms with van der Waals surface area (Å²) >= 11 is 0. The minimum Gasteiger partial charge on any atom is -0.459 e. The van der Waals surface area contributed by atoms with Crippen LogP contribution in [0.25, 0.3) is 0 Å². The fourth-order valence-electron chi connectivity index (χ4n) is 8.28. The lowest BCUT2D eigenvalue weighted by Gasteiger charge is -2.47. The van der Waals surface area contributed by atoms with E-state index in [9.17, 15) is 29.7 Å². The third-order valence-electron chi connectivity index (χ3n) is 8.76. The first kappa shape index (κ1) is 19.0. The van der Waals surface area contributed by atoms with Crippen molar-refractivity contribution in [1.29, 1.82) is 0 Å². The van der Waals surface area contributed by atoms with Crippen LogP contribution >= 0.6 is 0 Å². The molecule has 12 atom stereocenters. The molecule has 1 unspecified atom stereocenters. The highest BCUT2D eigenvalue weighted by Gasteiger charge is 3.01. The topological polar surface area (TPSA) is 149 Å². The Morgan fingerprint density at radius 1 is 0.967 bits per heavy atom. The molecule has 164 valence electrons. The fraction of sp³-hybridized carbons (Fsp3) is 0.850. The van der Waals surface area contributed by atoms with Crippen LogP contribution in [0.4, 0.5) is 0 Å². The maximum absolute atomic E-state index is 13.3. The Morgan fingerprint density at radius 2 is 1.63 bits per heavy atom. The zero-order chi connectivity index (χ0) is 21.8. The highest BCUT2D eigenvalue weighted by molar-refractivity contribution is 5.92. The van der Waals surface area contributed by atoms with Crippen LogP contribution in [0.3, 0.4) is 0 Å². The molecule has 2 aliphatic carbocycles. The predicted octanol–water partition coefficient (Wildman–Crippen LogP) is -1.51. The van der Waals surface area contributed by atoms with Crippen molar-refractivity contribution in [2.45, 2.75) is 70.1 Å². The molecule has 0 aromatic carbocycles. The Balaban J connectivity index is 1.71. The highest BCUT2D eigenvalue weighted by Crippen LogP contribution is 2.83. The van der Waals surface area contributed by atoms with E-state index in [0.29, 0.717) is 0 Å². The van der Waals surface area contributed by atoms with Gasteiger partial charge in [0.2, 0.25) is 6.29 Å². The molecule has 10 heteroatoms. The van der Waals surface area contributed by atoms with Gasteiger partial charge in [-0.3, -0.25) is 4.79 Å². The minimum atomic E-state index is -1.89. The number of hydrogen-bond donors (Lipinski definition) is 3. The summed E-state index contributed by atoms with van der Waals surface area (Å²) in [7, 11) is 0. The summed E-state index contributed by atoms with van der Waals surface area (Å²) in [4.78, 5) is 38.2. The van der Waals surface area contributed by atoms with Crippen molar-refractivity contribution in [1.82, 2.24) is 0 Å². The van der Waals surface area contributed by atoms with Gasteiger partial charge >= 0.3 is 17.9 Å². The number of rotatable bonds is 0. The van der Waals surface area contributed by atoms with E-state index in [2.05, 4.69) is 0 Å². The van der Waals surface area contributed by atoms with E-state index in [0.717, 1.165) is 0 Å². The van der Waals surface area contributed by atoms with Gasteiger partial charge in [0.1, 0.15) is 18.3 Å². The smallest absolute Gasteiger partial charge is 0.340 e. The van der Waals surface area contributed by atoms with Gasteiger partial charge in [-0.05, 0) is 5.41 Å². The normalized spacial score (nSPS) is 60.1. The van der Waals surface area contributed by atoms with Crippen LogP contribution in [0.2, 0.25) is 0 Å². The first-order valence-corrected chi connectivity index (χ1v) is 10.2. The van der Waals surface area contributed by atoms with Crippen molar-refractivity contribution in [3.63, 3.8) is 0 Å². The van der Waals surface area contributed by atoms with Gasteiger partial charge in [0.15, 0.2) is 11.7 Å². The zero-order valence-electron chi connectivity index (χ0n) is 16.9. The van der Waals surface area contributed by atoms with Crippen LogP contribution in [0.1, 0.15) is 27.7 Å². The third-order valence-corrected chi connectivity index (χ3v) is 8.76. The Kier molecular flexibility index (Phi) is 3.06. The quantitative estimate of drug-likeness (QED) is 0.309. The van der Waals surface area contributed by atoms with Crippen LogP contribution in [-0.4, -0.2) is 75.6 Å². The zero-order valence-corrected chi connectivity index (χ0v) is 16.9.